The molecule has 2 heterocycles. The molecule has 0 aromatic heterocycles. The van der Waals surface area contributed by atoms with Crippen LogP contribution in [0, 0.1) is 11.2 Å². The Kier molecular flexibility index (Phi) is 3.74. The summed E-state index contributed by atoms with van der Waals surface area (Å²) in [5.74, 6) is -0.597. The highest BCUT2D eigenvalue weighted by Gasteiger charge is 2.34. The van der Waals surface area contributed by atoms with Crippen molar-refractivity contribution < 1.29 is 18.7 Å². The largest absolute Gasteiger partial charge is 0.380 e. The van der Waals surface area contributed by atoms with Crippen molar-refractivity contribution in [3.05, 3.63) is 29.6 Å². The van der Waals surface area contributed by atoms with Crippen LogP contribution in [0.1, 0.15) is 12.5 Å². The zero-order valence-corrected chi connectivity index (χ0v) is 12.3. The van der Waals surface area contributed by atoms with Gasteiger partial charge in [0.25, 0.3) is 0 Å². The van der Waals surface area contributed by atoms with Crippen LogP contribution >= 0.6 is 0 Å². The summed E-state index contributed by atoms with van der Waals surface area (Å²) < 4.78 is 18.4. The fourth-order valence-corrected chi connectivity index (χ4v) is 2.51. The number of nitrogens with zero attached hydrogens (tertiary/aromatic N) is 1. The molecule has 0 radical (unpaired) electrons. The predicted octanol–water partition coefficient (Wildman–Crippen LogP) is 1.33. The first kappa shape index (κ1) is 14.8. The van der Waals surface area contributed by atoms with E-state index in [1.165, 1.54) is 23.1 Å². The molecule has 0 unspecified atom stereocenters. The van der Waals surface area contributed by atoms with Gasteiger partial charge in [-0.05, 0) is 23.8 Å². The van der Waals surface area contributed by atoms with Crippen LogP contribution in [-0.2, 0) is 16.1 Å². The van der Waals surface area contributed by atoms with Crippen molar-refractivity contribution in [2.45, 2.75) is 13.5 Å². The minimum absolute atomic E-state index is 0.0183. The van der Waals surface area contributed by atoms with Crippen LogP contribution in [0.4, 0.5) is 14.9 Å². The molecule has 6 nitrogen and oxygen atoms in total. The Hall–Kier alpha value is -2.15. The number of carbonyl (C=O) groups excluding carboxylic acids is 2. The number of hydrogen-bond acceptors (Lipinski definition) is 3. The number of urea groups is 1. The van der Waals surface area contributed by atoms with Gasteiger partial charge in [0.15, 0.2) is 0 Å². The van der Waals surface area contributed by atoms with E-state index in [2.05, 4.69) is 10.6 Å². The second-order valence-electron chi connectivity index (χ2n) is 6.17. The third-order valence-electron chi connectivity index (χ3n) is 3.91. The van der Waals surface area contributed by atoms with E-state index in [-0.39, 0.29) is 36.3 Å². The number of anilines is 1. The molecule has 3 rings (SSSR count). The molecule has 2 aliphatic rings. The summed E-state index contributed by atoms with van der Waals surface area (Å²) in [4.78, 5) is 25.3. The molecule has 0 atom stereocenters. The van der Waals surface area contributed by atoms with Crippen LogP contribution in [0.3, 0.4) is 0 Å². The molecule has 1 aromatic rings. The van der Waals surface area contributed by atoms with Gasteiger partial charge in [-0.1, -0.05) is 6.92 Å². The van der Waals surface area contributed by atoms with Gasteiger partial charge in [-0.15, -0.1) is 0 Å². The van der Waals surface area contributed by atoms with Gasteiger partial charge >= 0.3 is 6.03 Å². The van der Waals surface area contributed by atoms with Crippen molar-refractivity contribution in [3.63, 3.8) is 0 Å². The summed E-state index contributed by atoms with van der Waals surface area (Å²) in [6.07, 6.45) is 0. The monoisotopic (exact) mass is 307 g/mol. The Morgan fingerprint density at radius 3 is 2.95 bits per heavy atom. The van der Waals surface area contributed by atoms with Crippen molar-refractivity contribution in [2.24, 2.45) is 5.41 Å². The predicted molar refractivity (Wildman–Crippen MR) is 77.8 cm³/mol. The summed E-state index contributed by atoms with van der Waals surface area (Å²) in [6.45, 7) is 3.97. The molecule has 7 heteroatoms. The standard InChI is InChI=1S/C15H18FN3O3/c1-15(8-22-9-15)7-17-13(20)6-19-5-10-4-11(16)2-3-12(10)18-14(19)21/h2-4H,5-9H2,1H3,(H,17,20)(H,18,21). The van der Waals surface area contributed by atoms with Gasteiger partial charge in [0.2, 0.25) is 5.91 Å². The number of fused-ring (bicyclic) bond motifs is 1. The second-order valence-corrected chi connectivity index (χ2v) is 6.17. The zero-order valence-electron chi connectivity index (χ0n) is 12.3. The van der Waals surface area contributed by atoms with Crippen LogP contribution in [0.5, 0.6) is 0 Å². The summed E-state index contributed by atoms with van der Waals surface area (Å²) in [6, 6.07) is 3.83. The van der Waals surface area contributed by atoms with E-state index in [1.807, 2.05) is 6.92 Å². The molecule has 1 aromatic carbocycles. The minimum atomic E-state index is -0.364. The van der Waals surface area contributed by atoms with E-state index >= 15 is 0 Å². The normalized spacial score (nSPS) is 19.0. The van der Waals surface area contributed by atoms with Gasteiger partial charge < -0.3 is 20.3 Å². The topological polar surface area (TPSA) is 70.7 Å². The molecular weight excluding hydrogens is 289 g/mol. The van der Waals surface area contributed by atoms with Crippen LogP contribution in [-0.4, -0.2) is 43.1 Å². The number of carbonyl (C=O) groups is 2. The first-order valence-corrected chi connectivity index (χ1v) is 7.14. The molecule has 2 N–H and O–H groups in total. The lowest BCUT2D eigenvalue weighted by atomic mass is 9.89. The molecule has 0 bridgehead atoms. The van der Waals surface area contributed by atoms with Gasteiger partial charge in [-0.25, -0.2) is 9.18 Å². The van der Waals surface area contributed by atoms with Crippen molar-refractivity contribution in [1.29, 1.82) is 0 Å². The smallest absolute Gasteiger partial charge is 0.322 e. The highest BCUT2D eigenvalue weighted by Crippen LogP contribution is 2.25. The van der Waals surface area contributed by atoms with Crippen molar-refractivity contribution in [3.8, 4) is 0 Å². The van der Waals surface area contributed by atoms with Crippen LogP contribution in [0.25, 0.3) is 0 Å². The maximum Gasteiger partial charge on any atom is 0.322 e. The first-order valence-electron chi connectivity index (χ1n) is 7.14. The number of hydrogen-bond donors (Lipinski definition) is 2. The zero-order chi connectivity index (χ0) is 15.7. The number of ether oxygens (including phenoxy) is 1. The lowest BCUT2D eigenvalue weighted by Gasteiger charge is -2.38. The van der Waals surface area contributed by atoms with Gasteiger partial charge in [-0.3, -0.25) is 4.79 Å². The van der Waals surface area contributed by atoms with Crippen molar-refractivity contribution in [1.82, 2.24) is 10.2 Å². The van der Waals surface area contributed by atoms with Gasteiger partial charge in [-0.2, -0.15) is 0 Å². The van der Waals surface area contributed by atoms with Gasteiger partial charge in [0, 0.05) is 17.6 Å². The molecule has 118 valence electrons. The van der Waals surface area contributed by atoms with Crippen LogP contribution in [0.2, 0.25) is 0 Å². The SMILES string of the molecule is CC1(CNC(=O)CN2Cc3cc(F)ccc3NC2=O)COC1. The lowest BCUT2D eigenvalue weighted by molar-refractivity contribution is -0.127. The van der Waals surface area contributed by atoms with E-state index in [1.54, 1.807) is 0 Å². The minimum Gasteiger partial charge on any atom is -0.380 e. The maximum absolute atomic E-state index is 13.3. The first-order chi connectivity index (χ1) is 10.5. The van der Waals surface area contributed by atoms with Crippen molar-refractivity contribution >= 4 is 17.6 Å². The van der Waals surface area contributed by atoms with E-state index in [4.69, 9.17) is 4.74 Å². The Morgan fingerprint density at radius 1 is 1.50 bits per heavy atom. The fraction of sp³-hybridized carbons (Fsp3) is 0.467. The van der Waals surface area contributed by atoms with Crippen LogP contribution < -0.4 is 10.6 Å². The second kappa shape index (κ2) is 5.57. The molecule has 22 heavy (non-hydrogen) atoms. The number of amides is 3. The van der Waals surface area contributed by atoms with E-state index in [0.717, 1.165) is 0 Å². The molecule has 1 fully saturated rings. The molecule has 0 spiro atoms. The van der Waals surface area contributed by atoms with Gasteiger partial charge in [0.1, 0.15) is 12.4 Å². The number of nitrogens with one attached hydrogen (secondary N) is 2. The van der Waals surface area contributed by atoms with Crippen molar-refractivity contribution in [2.75, 3.05) is 31.6 Å². The van der Waals surface area contributed by atoms with Crippen LogP contribution in [0.15, 0.2) is 18.2 Å². The van der Waals surface area contributed by atoms with E-state index < -0.39 is 0 Å². The third kappa shape index (κ3) is 3.04. The lowest BCUT2D eigenvalue weighted by Crippen LogP contribution is -2.51. The molecular formula is C15H18FN3O3. The number of rotatable bonds is 4. The third-order valence-corrected chi connectivity index (χ3v) is 3.91. The summed E-state index contributed by atoms with van der Waals surface area (Å²) in [7, 11) is 0. The Morgan fingerprint density at radius 2 is 2.27 bits per heavy atom. The maximum atomic E-state index is 13.3. The molecule has 2 aliphatic heterocycles. The molecule has 3 amide bonds. The average Bonchev–Trinajstić information content (AvgIpc) is 2.44. The Labute approximate surface area is 127 Å². The fourth-order valence-electron chi connectivity index (χ4n) is 2.51. The molecule has 0 saturated carbocycles. The van der Waals surface area contributed by atoms with Gasteiger partial charge in [0.05, 0.1) is 19.8 Å². The summed E-state index contributed by atoms with van der Waals surface area (Å²) in [5.41, 5.74) is 1.23. The molecule has 0 aliphatic carbocycles. The Balaban J connectivity index is 1.58. The molecule has 1 saturated heterocycles. The highest BCUT2D eigenvalue weighted by molar-refractivity contribution is 5.94. The van der Waals surface area contributed by atoms with E-state index in [0.29, 0.717) is 31.0 Å². The number of benzene rings is 1. The van der Waals surface area contributed by atoms with E-state index in [9.17, 15) is 14.0 Å². The highest BCUT2D eigenvalue weighted by atomic mass is 19.1. The average molecular weight is 307 g/mol. The summed E-state index contributed by atoms with van der Waals surface area (Å²) in [5, 5.41) is 5.47. The Bertz CT molecular complexity index is 616. The summed E-state index contributed by atoms with van der Waals surface area (Å²) >= 11 is 0. The number of halogens is 1. The quantitative estimate of drug-likeness (QED) is 0.881.